The van der Waals surface area contributed by atoms with Gasteiger partial charge in [-0.3, -0.25) is 4.98 Å². The van der Waals surface area contributed by atoms with Crippen LogP contribution in [0.5, 0.6) is 0 Å². The lowest BCUT2D eigenvalue weighted by Crippen LogP contribution is -1.88. The van der Waals surface area contributed by atoms with Gasteiger partial charge in [-0.1, -0.05) is 23.7 Å². The van der Waals surface area contributed by atoms with Gasteiger partial charge < -0.3 is 4.42 Å². The smallest absolute Gasteiger partial charge is 0.228 e. The summed E-state index contributed by atoms with van der Waals surface area (Å²) < 4.78 is 5.95. The first-order valence-electron chi connectivity index (χ1n) is 7.05. The van der Waals surface area contributed by atoms with E-state index in [1.54, 1.807) is 6.07 Å². The molecule has 0 N–H and O–H groups in total. The van der Waals surface area contributed by atoms with Crippen LogP contribution in [0, 0.1) is 13.8 Å². The van der Waals surface area contributed by atoms with Crippen LogP contribution < -0.4 is 0 Å². The molecule has 0 fully saturated rings. The molecule has 4 heteroatoms. The number of furan rings is 1. The number of aryl methyl sites for hydroxylation is 2. The van der Waals surface area contributed by atoms with Crippen molar-refractivity contribution in [1.82, 2.24) is 9.97 Å². The fraction of sp³-hybridized carbons (Fsp3) is 0.111. The van der Waals surface area contributed by atoms with Crippen molar-refractivity contribution in [2.24, 2.45) is 0 Å². The Morgan fingerprint density at radius 2 is 1.86 bits per heavy atom. The van der Waals surface area contributed by atoms with E-state index in [1.165, 1.54) is 11.1 Å². The predicted molar refractivity (Wildman–Crippen MR) is 89.2 cm³/mol. The molecule has 0 aliphatic heterocycles. The molecular weight excluding hydrogens is 296 g/mol. The lowest BCUT2D eigenvalue weighted by molar-refractivity contribution is 0.655. The maximum absolute atomic E-state index is 5.96. The second kappa shape index (κ2) is 4.82. The van der Waals surface area contributed by atoms with Crippen molar-refractivity contribution in [3.8, 4) is 11.3 Å². The van der Waals surface area contributed by atoms with Gasteiger partial charge in [0.1, 0.15) is 10.7 Å². The number of halogens is 1. The second-order valence-corrected chi connectivity index (χ2v) is 5.81. The largest absolute Gasteiger partial charge is 0.437 e. The van der Waals surface area contributed by atoms with E-state index >= 15 is 0 Å². The van der Waals surface area contributed by atoms with Crippen molar-refractivity contribution in [1.29, 1.82) is 0 Å². The maximum atomic E-state index is 5.96. The Hall–Kier alpha value is -2.39. The van der Waals surface area contributed by atoms with Gasteiger partial charge in [0.05, 0.1) is 5.69 Å². The highest BCUT2D eigenvalue weighted by molar-refractivity contribution is 6.30. The van der Waals surface area contributed by atoms with E-state index in [1.807, 2.05) is 30.5 Å². The van der Waals surface area contributed by atoms with Gasteiger partial charge in [-0.2, -0.15) is 0 Å². The molecule has 108 valence electrons. The Morgan fingerprint density at radius 3 is 2.68 bits per heavy atom. The van der Waals surface area contributed by atoms with Gasteiger partial charge in [-0.25, -0.2) is 4.98 Å². The highest BCUT2D eigenvalue weighted by Gasteiger charge is 2.14. The van der Waals surface area contributed by atoms with Crippen LogP contribution in [-0.2, 0) is 0 Å². The number of hydrogen-bond donors (Lipinski definition) is 0. The Morgan fingerprint density at radius 1 is 1.00 bits per heavy atom. The fourth-order valence-electron chi connectivity index (χ4n) is 2.63. The van der Waals surface area contributed by atoms with Crippen LogP contribution >= 0.6 is 11.6 Å². The lowest BCUT2D eigenvalue weighted by atomic mass is 10.0. The fourth-order valence-corrected chi connectivity index (χ4v) is 2.77. The molecule has 0 aliphatic rings. The Bertz CT molecular complexity index is 1020. The first kappa shape index (κ1) is 13.3. The van der Waals surface area contributed by atoms with E-state index < -0.39 is 0 Å². The van der Waals surface area contributed by atoms with Gasteiger partial charge in [0.2, 0.25) is 5.71 Å². The normalized spacial score (nSPS) is 11.4. The molecule has 0 saturated carbocycles. The molecule has 0 amide bonds. The molecule has 0 radical (unpaired) electrons. The van der Waals surface area contributed by atoms with Crippen LogP contribution in [0.3, 0.4) is 0 Å². The first-order chi connectivity index (χ1) is 10.6. The van der Waals surface area contributed by atoms with Gasteiger partial charge in [0, 0.05) is 22.5 Å². The van der Waals surface area contributed by atoms with Gasteiger partial charge in [-0.05, 0) is 49.2 Å². The number of fused-ring (bicyclic) bond motifs is 3. The number of aromatic nitrogens is 2. The number of para-hydroxylation sites is 1. The van der Waals surface area contributed by atoms with Gasteiger partial charge in [0.25, 0.3) is 0 Å². The summed E-state index contributed by atoms with van der Waals surface area (Å²) in [6, 6.07) is 11.9. The molecule has 3 nitrogen and oxygen atoms in total. The zero-order valence-corrected chi connectivity index (χ0v) is 13.0. The van der Waals surface area contributed by atoms with E-state index in [-0.39, 0.29) is 0 Å². The minimum absolute atomic E-state index is 0.428. The molecule has 3 heterocycles. The van der Waals surface area contributed by atoms with Crippen LogP contribution in [0.1, 0.15) is 11.1 Å². The van der Waals surface area contributed by atoms with Gasteiger partial charge in [-0.15, -0.1) is 0 Å². The highest BCUT2D eigenvalue weighted by atomic mass is 35.5. The number of rotatable bonds is 1. The molecule has 0 bridgehead atoms. The van der Waals surface area contributed by atoms with Crippen LogP contribution in [0.4, 0.5) is 0 Å². The number of benzene rings is 1. The molecule has 4 aromatic rings. The topological polar surface area (TPSA) is 38.9 Å². The summed E-state index contributed by atoms with van der Waals surface area (Å²) in [6.07, 6.45) is 1.89. The van der Waals surface area contributed by atoms with Crippen molar-refractivity contribution in [3.63, 3.8) is 0 Å². The molecule has 0 spiro atoms. The van der Waals surface area contributed by atoms with Crippen LogP contribution in [0.15, 0.2) is 47.0 Å². The summed E-state index contributed by atoms with van der Waals surface area (Å²) in [4.78, 5) is 8.80. The molecule has 0 aliphatic carbocycles. The molecular formula is C18H13ClN2O. The van der Waals surface area contributed by atoms with Crippen molar-refractivity contribution in [3.05, 3.63) is 58.9 Å². The predicted octanol–water partition coefficient (Wildman–Crippen LogP) is 5.31. The van der Waals surface area contributed by atoms with Crippen molar-refractivity contribution in [2.45, 2.75) is 13.8 Å². The standard InChI is InChI=1S/C18H13ClN2O/c1-10-8-15(20-9-11(10)2)14-5-3-4-12-13-6-7-16(19)21-18(13)22-17(12)14/h3-9H,1-2H3. The van der Waals surface area contributed by atoms with Gasteiger partial charge >= 0.3 is 0 Å². The van der Waals surface area contributed by atoms with Gasteiger partial charge in [0.15, 0.2) is 0 Å². The van der Waals surface area contributed by atoms with E-state index in [9.17, 15) is 0 Å². The van der Waals surface area contributed by atoms with Crippen LogP contribution in [-0.4, -0.2) is 9.97 Å². The van der Waals surface area contributed by atoms with Crippen molar-refractivity contribution in [2.75, 3.05) is 0 Å². The Kier molecular flexibility index (Phi) is 2.91. The number of nitrogens with zero attached hydrogens (tertiary/aromatic N) is 2. The summed E-state index contributed by atoms with van der Waals surface area (Å²) in [7, 11) is 0. The SMILES string of the molecule is Cc1cnc(-c2cccc3c2oc2nc(Cl)ccc23)cc1C. The molecule has 1 aromatic carbocycles. The quantitative estimate of drug-likeness (QED) is 0.447. The Labute approximate surface area is 132 Å². The number of hydrogen-bond acceptors (Lipinski definition) is 3. The van der Waals surface area contributed by atoms with Crippen molar-refractivity contribution < 1.29 is 4.42 Å². The average molecular weight is 309 g/mol. The monoisotopic (exact) mass is 308 g/mol. The third-order valence-electron chi connectivity index (χ3n) is 3.98. The van der Waals surface area contributed by atoms with E-state index in [0.717, 1.165) is 27.6 Å². The summed E-state index contributed by atoms with van der Waals surface area (Å²) >= 11 is 5.96. The van der Waals surface area contributed by atoms with Crippen LogP contribution in [0.25, 0.3) is 33.3 Å². The zero-order valence-electron chi connectivity index (χ0n) is 12.2. The minimum atomic E-state index is 0.428. The summed E-state index contributed by atoms with van der Waals surface area (Å²) in [5.74, 6) is 0. The zero-order chi connectivity index (χ0) is 15.3. The maximum Gasteiger partial charge on any atom is 0.228 e. The average Bonchev–Trinajstić information content (AvgIpc) is 2.87. The third-order valence-corrected chi connectivity index (χ3v) is 4.19. The first-order valence-corrected chi connectivity index (χ1v) is 7.42. The highest BCUT2D eigenvalue weighted by Crippen LogP contribution is 2.35. The summed E-state index contributed by atoms with van der Waals surface area (Å²) in [5.41, 5.74) is 5.60. The molecule has 0 saturated heterocycles. The molecule has 3 aromatic heterocycles. The Balaban J connectivity index is 2.05. The lowest BCUT2D eigenvalue weighted by Gasteiger charge is -2.05. The molecule has 0 unspecified atom stereocenters. The molecule has 22 heavy (non-hydrogen) atoms. The molecule has 4 rings (SSSR count). The summed E-state index contributed by atoms with van der Waals surface area (Å²) in [5, 5.41) is 2.42. The van der Waals surface area contributed by atoms with E-state index in [2.05, 4.69) is 29.9 Å². The third kappa shape index (κ3) is 1.97. The van der Waals surface area contributed by atoms with E-state index in [0.29, 0.717) is 10.9 Å². The van der Waals surface area contributed by atoms with Crippen LogP contribution in [0.2, 0.25) is 5.15 Å². The van der Waals surface area contributed by atoms with Crippen molar-refractivity contribution >= 4 is 33.7 Å². The number of pyridine rings is 2. The van der Waals surface area contributed by atoms with E-state index in [4.69, 9.17) is 16.0 Å². The second-order valence-electron chi connectivity index (χ2n) is 5.42. The summed E-state index contributed by atoms with van der Waals surface area (Å²) in [6.45, 7) is 4.14. The minimum Gasteiger partial charge on any atom is -0.437 e. The molecule has 0 atom stereocenters.